The number of H-pyrrole nitrogens is 1. The maximum atomic E-state index is 12.5. The molecule has 0 radical (unpaired) electrons. The highest BCUT2D eigenvalue weighted by molar-refractivity contribution is 7.89. The third-order valence-electron chi connectivity index (χ3n) is 3.48. The van der Waals surface area contributed by atoms with E-state index in [0.717, 1.165) is 30.2 Å². The Morgan fingerprint density at radius 1 is 1.11 bits per heavy atom. The first-order valence-corrected chi connectivity index (χ1v) is 7.69. The average Bonchev–Trinajstić information content (AvgIpc) is 2.87. The van der Waals surface area contributed by atoms with Crippen molar-refractivity contribution in [1.29, 1.82) is 0 Å². The van der Waals surface area contributed by atoms with E-state index in [1.165, 1.54) is 0 Å². The van der Waals surface area contributed by atoms with E-state index < -0.39 is 10.0 Å². The lowest BCUT2D eigenvalue weighted by Crippen LogP contribution is -2.35. The maximum Gasteiger partial charge on any atom is 0.243 e. The fraction of sp³-hybridized carbons (Fsp3) is 0.385. The molecule has 1 aromatic carbocycles. The smallest absolute Gasteiger partial charge is 0.243 e. The average molecular weight is 266 g/mol. The molecule has 0 aliphatic carbocycles. The zero-order valence-corrected chi connectivity index (χ0v) is 10.9. The van der Waals surface area contributed by atoms with Gasteiger partial charge in [0.1, 0.15) is 0 Å². The van der Waals surface area contributed by atoms with Gasteiger partial charge in [0, 0.05) is 31.6 Å². The Hall–Kier alpha value is -1.33. The molecule has 1 saturated heterocycles. The molecule has 0 saturated carbocycles. The van der Waals surface area contributed by atoms with Gasteiger partial charge in [-0.2, -0.15) is 4.31 Å². The lowest BCUT2D eigenvalue weighted by atomic mass is 10.2. The quantitative estimate of drug-likeness (QED) is 0.908. The molecule has 18 heavy (non-hydrogen) atoms. The van der Waals surface area contributed by atoms with Crippen LogP contribution < -0.4 is 0 Å². The predicted molar refractivity (Wildman–Crippen MR) is 73.0 cm³/mol. The van der Waals surface area contributed by atoms with Crippen molar-refractivity contribution >= 4 is 20.9 Å². The molecular formula is C13H18N2O2S. The van der Waals surface area contributed by atoms with Crippen molar-refractivity contribution in [2.24, 2.45) is 0 Å². The standard InChI is InChI=1S/C13H16N2O2S.H2/c16-18(17,15-8-2-1-3-9-15)12-4-5-13-11(10-12)6-7-14-13;/h4-7,10,14H,1-3,8-9H2;1H. The molecule has 2 heterocycles. The second-order valence-electron chi connectivity index (χ2n) is 4.69. The summed E-state index contributed by atoms with van der Waals surface area (Å²) in [4.78, 5) is 3.47. The Kier molecular flexibility index (Phi) is 2.87. The van der Waals surface area contributed by atoms with Gasteiger partial charge in [-0.3, -0.25) is 0 Å². The van der Waals surface area contributed by atoms with Gasteiger partial charge in [0.05, 0.1) is 4.90 Å². The minimum atomic E-state index is -3.31. The number of hydrogen-bond acceptors (Lipinski definition) is 2. The molecule has 0 bridgehead atoms. The van der Waals surface area contributed by atoms with Crippen LogP contribution in [0.25, 0.3) is 10.9 Å². The molecule has 1 fully saturated rings. The highest BCUT2D eigenvalue weighted by atomic mass is 32.2. The van der Waals surface area contributed by atoms with Crippen LogP contribution in [0.15, 0.2) is 35.4 Å². The molecule has 98 valence electrons. The molecule has 4 nitrogen and oxygen atoms in total. The third-order valence-corrected chi connectivity index (χ3v) is 5.37. The number of benzene rings is 1. The van der Waals surface area contributed by atoms with Crippen LogP contribution in [-0.2, 0) is 10.0 Å². The summed E-state index contributed by atoms with van der Waals surface area (Å²) in [6, 6.07) is 7.15. The van der Waals surface area contributed by atoms with Crippen molar-refractivity contribution < 1.29 is 9.84 Å². The summed E-state index contributed by atoms with van der Waals surface area (Å²) in [5.41, 5.74) is 0.965. The van der Waals surface area contributed by atoms with Crippen LogP contribution in [0.5, 0.6) is 0 Å². The van der Waals surface area contributed by atoms with Gasteiger partial charge in [0.15, 0.2) is 0 Å². The fourth-order valence-corrected chi connectivity index (χ4v) is 4.00. The number of hydrogen-bond donors (Lipinski definition) is 1. The Morgan fingerprint density at radius 2 is 1.89 bits per heavy atom. The predicted octanol–water partition coefficient (Wildman–Crippen LogP) is 2.59. The molecule has 0 atom stereocenters. The second-order valence-corrected chi connectivity index (χ2v) is 6.63. The fourth-order valence-electron chi connectivity index (χ4n) is 2.45. The molecule has 1 aliphatic rings. The van der Waals surface area contributed by atoms with Crippen LogP contribution in [0.2, 0.25) is 0 Å². The minimum absolute atomic E-state index is 0. The van der Waals surface area contributed by atoms with E-state index >= 15 is 0 Å². The lowest BCUT2D eigenvalue weighted by Gasteiger charge is -2.25. The summed E-state index contributed by atoms with van der Waals surface area (Å²) in [7, 11) is -3.31. The van der Waals surface area contributed by atoms with Crippen LogP contribution >= 0.6 is 0 Å². The molecule has 0 spiro atoms. The van der Waals surface area contributed by atoms with Crippen molar-refractivity contribution in [2.45, 2.75) is 24.2 Å². The van der Waals surface area contributed by atoms with Crippen molar-refractivity contribution in [3.8, 4) is 0 Å². The van der Waals surface area contributed by atoms with Crippen LogP contribution in [0.1, 0.15) is 20.7 Å². The number of nitrogens with zero attached hydrogens (tertiary/aromatic N) is 1. The van der Waals surface area contributed by atoms with Gasteiger partial charge in [0.25, 0.3) is 0 Å². The van der Waals surface area contributed by atoms with E-state index in [9.17, 15) is 8.42 Å². The van der Waals surface area contributed by atoms with Gasteiger partial charge in [-0.05, 0) is 37.1 Å². The van der Waals surface area contributed by atoms with Crippen molar-refractivity contribution in [2.75, 3.05) is 13.1 Å². The second kappa shape index (κ2) is 4.40. The van der Waals surface area contributed by atoms with E-state index in [1.807, 2.05) is 18.3 Å². The molecule has 3 rings (SSSR count). The van der Waals surface area contributed by atoms with E-state index in [2.05, 4.69) is 4.98 Å². The molecule has 1 aromatic heterocycles. The van der Waals surface area contributed by atoms with Crippen molar-refractivity contribution in [3.63, 3.8) is 0 Å². The first-order chi connectivity index (χ1) is 8.68. The topological polar surface area (TPSA) is 53.2 Å². The van der Waals surface area contributed by atoms with E-state index in [4.69, 9.17) is 0 Å². The zero-order valence-electron chi connectivity index (χ0n) is 10.1. The van der Waals surface area contributed by atoms with Crippen molar-refractivity contribution in [1.82, 2.24) is 9.29 Å². The number of rotatable bonds is 2. The van der Waals surface area contributed by atoms with Crippen LogP contribution in [0, 0.1) is 0 Å². The van der Waals surface area contributed by atoms with E-state index in [-0.39, 0.29) is 1.43 Å². The number of aromatic nitrogens is 1. The summed E-state index contributed by atoms with van der Waals surface area (Å²) in [6.45, 7) is 1.29. The molecular weight excluding hydrogens is 248 g/mol. The summed E-state index contributed by atoms with van der Waals surface area (Å²) in [6.07, 6.45) is 4.88. The van der Waals surface area contributed by atoms with Gasteiger partial charge < -0.3 is 4.98 Å². The highest BCUT2D eigenvalue weighted by Gasteiger charge is 2.25. The van der Waals surface area contributed by atoms with Gasteiger partial charge in [-0.25, -0.2) is 8.42 Å². The van der Waals surface area contributed by atoms with Gasteiger partial charge in [-0.15, -0.1) is 0 Å². The number of aromatic amines is 1. The normalized spacial score (nSPS) is 18.2. The van der Waals surface area contributed by atoms with Crippen molar-refractivity contribution in [3.05, 3.63) is 30.5 Å². The van der Waals surface area contributed by atoms with E-state index in [1.54, 1.807) is 16.4 Å². The monoisotopic (exact) mass is 266 g/mol. The number of sulfonamides is 1. The minimum Gasteiger partial charge on any atom is -0.361 e. The van der Waals surface area contributed by atoms with Gasteiger partial charge >= 0.3 is 0 Å². The first-order valence-electron chi connectivity index (χ1n) is 6.25. The largest absolute Gasteiger partial charge is 0.361 e. The number of nitrogens with one attached hydrogen (secondary N) is 1. The van der Waals surface area contributed by atoms with Crippen LogP contribution in [0.3, 0.4) is 0 Å². The number of piperidine rings is 1. The molecule has 1 aliphatic heterocycles. The van der Waals surface area contributed by atoms with Crippen LogP contribution in [-0.4, -0.2) is 30.8 Å². The Morgan fingerprint density at radius 3 is 2.67 bits per heavy atom. The Labute approximate surface area is 108 Å². The molecule has 0 amide bonds. The Bertz CT molecular complexity index is 660. The third kappa shape index (κ3) is 1.93. The molecule has 1 N–H and O–H groups in total. The number of fused-ring (bicyclic) bond motifs is 1. The summed E-state index contributed by atoms with van der Waals surface area (Å²) in [5, 5.41) is 0.938. The SMILES string of the molecule is O=S(=O)(c1ccc2[nH]ccc2c1)N1CCCCC1.[HH]. The summed E-state index contributed by atoms with van der Waals surface area (Å²) >= 11 is 0. The summed E-state index contributed by atoms with van der Waals surface area (Å²) in [5.74, 6) is 0. The summed E-state index contributed by atoms with van der Waals surface area (Å²) < 4.78 is 26.5. The lowest BCUT2D eigenvalue weighted by molar-refractivity contribution is 0.346. The molecule has 5 heteroatoms. The first kappa shape index (κ1) is 11.7. The maximum absolute atomic E-state index is 12.5. The highest BCUT2D eigenvalue weighted by Crippen LogP contribution is 2.23. The van der Waals surface area contributed by atoms with Gasteiger partial charge in [-0.1, -0.05) is 6.42 Å². The Balaban J connectivity index is 0.00000133. The van der Waals surface area contributed by atoms with Crippen LogP contribution in [0.4, 0.5) is 0 Å². The van der Waals surface area contributed by atoms with E-state index in [0.29, 0.717) is 18.0 Å². The molecule has 0 unspecified atom stereocenters. The zero-order chi connectivity index (χ0) is 12.6. The van der Waals surface area contributed by atoms with Gasteiger partial charge in [0.2, 0.25) is 10.0 Å². The molecule has 2 aromatic rings.